The molecule has 0 spiro atoms. The molecule has 108 valence electrons. The maximum atomic E-state index is 6.20. The number of imidazole rings is 1. The summed E-state index contributed by atoms with van der Waals surface area (Å²) in [5.41, 5.74) is 0.949. The van der Waals surface area contributed by atoms with Gasteiger partial charge in [-0.2, -0.15) is 0 Å². The SMILES string of the molecule is CNCc1cc(Cl)cc(Cl)c1OCCc1nccn1C. The highest BCUT2D eigenvalue weighted by Gasteiger charge is 2.11. The highest BCUT2D eigenvalue weighted by atomic mass is 35.5. The van der Waals surface area contributed by atoms with Crippen LogP contribution in [-0.4, -0.2) is 23.2 Å². The van der Waals surface area contributed by atoms with E-state index in [1.165, 1.54) is 0 Å². The van der Waals surface area contributed by atoms with E-state index in [4.69, 9.17) is 27.9 Å². The molecule has 1 N–H and O–H groups in total. The van der Waals surface area contributed by atoms with E-state index in [1.807, 2.05) is 30.9 Å². The number of benzene rings is 1. The minimum absolute atomic E-state index is 0.517. The fourth-order valence-corrected chi connectivity index (χ4v) is 2.57. The quantitative estimate of drug-likeness (QED) is 0.891. The molecular weight excluding hydrogens is 297 g/mol. The summed E-state index contributed by atoms with van der Waals surface area (Å²) in [7, 11) is 3.83. The van der Waals surface area contributed by atoms with Crippen LogP contribution in [0.1, 0.15) is 11.4 Å². The van der Waals surface area contributed by atoms with Crippen LogP contribution in [0.2, 0.25) is 10.0 Å². The van der Waals surface area contributed by atoms with Crippen molar-refractivity contribution in [3.63, 3.8) is 0 Å². The molecule has 0 fully saturated rings. The average molecular weight is 314 g/mol. The summed E-state index contributed by atoms with van der Waals surface area (Å²) in [4.78, 5) is 4.26. The van der Waals surface area contributed by atoms with Crippen molar-refractivity contribution >= 4 is 23.2 Å². The van der Waals surface area contributed by atoms with E-state index in [0.717, 1.165) is 17.8 Å². The van der Waals surface area contributed by atoms with Crippen LogP contribution >= 0.6 is 23.2 Å². The lowest BCUT2D eigenvalue weighted by Gasteiger charge is -2.13. The first-order chi connectivity index (χ1) is 9.61. The van der Waals surface area contributed by atoms with Crippen molar-refractivity contribution in [3.8, 4) is 5.75 Å². The first-order valence-electron chi connectivity index (χ1n) is 6.33. The van der Waals surface area contributed by atoms with Gasteiger partial charge in [0.05, 0.1) is 11.6 Å². The van der Waals surface area contributed by atoms with Crippen molar-refractivity contribution in [2.45, 2.75) is 13.0 Å². The van der Waals surface area contributed by atoms with Crippen molar-refractivity contribution in [2.24, 2.45) is 7.05 Å². The summed E-state index contributed by atoms with van der Waals surface area (Å²) in [5, 5.41) is 4.22. The van der Waals surface area contributed by atoms with E-state index in [0.29, 0.717) is 28.9 Å². The number of aryl methyl sites for hydroxylation is 1. The molecule has 6 heteroatoms. The van der Waals surface area contributed by atoms with Gasteiger partial charge in [-0.3, -0.25) is 0 Å². The topological polar surface area (TPSA) is 39.1 Å². The van der Waals surface area contributed by atoms with Gasteiger partial charge in [-0.1, -0.05) is 23.2 Å². The third-order valence-electron chi connectivity index (χ3n) is 2.95. The van der Waals surface area contributed by atoms with Gasteiger partial charge in [0.15, 0.2) is 0 Å². The maximum Gasteiger partial charge on any atom is 0.142 e. The number of hydrogen-bond donors (Lipinski definition) is 1. The third-order valence-corrected chi connectivity index (χ3v) is 3.44. The zero-order chi connectivity index (χ0) is 14.5. The predicted octanol–water partition coefficient (Wildman–Crippen LogP) is 3.07. The summed E-state index contributed by atoms with van der Waals surface area (Å²) in [6.45, 7) is 1.17. The van der Waals surface area contributed by atoms with Crippen LogP contribution in [0.25, 0.3) is 0 Å². The molecule has 0 saturated heterocycles. The molecule has 1 aromatic heterocycles. The van der Waals surface area contributed by atoms with E-state index in [9.17, 15) is 0 Å². The zero-order valence-electron chi connectivity index (χ0n) is 11.5. The summed E-state index contributed by atoms with van der Waals surface area (Å²) < 4.78 is 7.79. The number of nitrogens with zero attached hydrogens (tertiary/aromatic N) is 2. The zero-order valence-corrected chi connectivity index (χ0v) is 13.0. The number of aromatic nitrogens is 2. The minimum Gasteiger partial charge on any atom is -0.491 e. The molecule has 0 amide bonds. The smallest absolute Gasteiger partial charge is 0.142 e. The largest absolute Gasteiger partial charge is 0.491 e. The van der Waals surface area contributed by atoms with E-state index in [1.54, 1.807) is 12.3 Å². The Labute approximate surface area is 128 Å². The highest BCUT2D eigenvalue weighted by molar-refractivity contribution is 6.35. The Morgan fingerprint density at radius 2 is 2.15 bits per heavy atom. The molecule has 0 aliphatic heterocycles. The van der Waals surface area contributed by atoms with Crippen LogP contribution in [0, 0.1) is 0 Å². The lowest BCUT2D eigenvalue weighted by Crippen LogP contribution is -2.11. The molecule has 20 heavy (non-hydrogen) atoms. The summed E-state index contributed by atoms with van der Waals surface area (Å²) in [6, 6.07) is 3.55. The molecule has 0 unspecified atom stereocenters. The van der Waals surface area contributed by atoms with Crippen molar-refractivity contribution in [1.82, 2.24) is 14.9 Å². The minimum atomic E-state index is 0.517. The van der Waals surface area contributed by atoms with Crippen molar-refractivity contribution < 1.29 is 4.74 Å². The van der Waals surface area contributed by atoms with Gasteiger partial charge in [-0.15, -0.1) is 0 Å². The van der Waals surface area contributed by atoms with Crippen molar-refractivity contribution in [1.29, 1.82) is 0 Å². The molecule has 4 nitrogen and oxygen atoms in total. The molecule has 1 aromatic carbocycles. The number of halogens is 2. The molecule has 0 radical (unpaired) electrons. The van der Waals surface area contributed by atoms with Gasteiger partial charge in [0, 0.05) is 43.0 Å². The van der Waals surface area contributed by atoms with Gasteiger partial charge in [0.25, 0.3) is 0 Å². The highest BCUT2D eigenvalue weighted by Crippen LogP contribution is 2.32. The molecule has 0 aliphatic carbocycles. The van der Waals surface area contributed by atoms with E-state index in [-0.39, 0.29) is 0 Å². The second-order valence-electron chi connectivity index (χ2n) is 4.46. The van der Waals surface area contributed by atoms with Gasteiger partial charge in [-0.25, -0.2) is 4.98 Å². The van der Waals surface area contributed by atoms with Gasteiger partial charge >= 0.3 is 0 Å². The first-order valence-corrected chi connectivity index (χ1v) is 7.09. The molecule has 1 heterocycles. The molecule has 2 aromatic rings. The van der Waals surface area contributed by atoms with E-state index >= 15 is 0 Å². The summed E-state index contributed by atoms with van der Waals surface area (Å²) >= 11 is 12.2. The van der Waals surface area contributed by atoms with E-state index < -0.39 is 0 Å². The maximum absolute atomic E-state index is 6.20. The lowest BCUT2D eigenvalue weighted by molar-refractivity contribution is 0.314. The Morgan fingerprint density at radius 1 is 1.35 bits per heavy atom. The number of rotatable bonds is 6. The Bertz CT molecular complexity index is 584. The standard InChI is InChI=1S/C14H17Cl2N3O/c1-17-9-10-7-11(15)8-12(16)14(10)20-6-3-13-18-4-5-19(13)2/h4-5,7-8,17H,3,6,9H2,1-2H3. The molecule has 0 saturated carbocycles. The second-order valence-corrected chi connectivity index (χ2v) is 5.30. The third kappa shape index (κ3) is 3.66. The molecule has 0 atom stereocenters. The molecular formula is C14H17Cl2N3O. The molecule has 2 rings (SSSR count). The lowest BCUT2D eigenvalue weighted by atomic mass is 10.2. The van der Waals surface area contributed by atoms with E-state index in [2.05, 4.69) is 10.3 Å². The van der Waals surface area contributed by atoms with Crippen LogP contribution < -0.4 is 10.1 Å². The Balaban J connectivity index is 2.06. The van der Waals surface area contributed by atoms with Gasteiger partial charge in [-0.05, 0) is 19.2 Å². The van der Waals surface area contributed by atoms with Crippen LogP contribution in [-0.2, 0) is 20.0 Å². The number of nitrogens with one attached hydrogen (secondary N) is 1. The first kappa shape index (κ1) is 15.2. The monoisotopic (exact) mass is 313 g/mol. The number of ether oxygens (including phenoxy) is 1. The Morgan fingerprint density at radius 3 is 2.80 bits per heavy atom. The van der Waals surface area contributed by atoms with Crippen LogP contribution in [0.3, 0.4) is 0 Å². The van der Waals surface area contributed by atoms with Crippen LogP contribution in [0.4, 0.5) is 0 Å². The van der Waals surface area contributed by atoms with Gasteiger partial charge in [0.2, 0.25) is 0 Å². The summed E-state index contributed by atoms with van der Waals surface area (Å²) in [6.07, 6.45) is 4.41. The van der Waals surface area contributed by atoms with Gasteiger partial charge < -0.3 is 14.6 Å². The second kappa shape index (κ2) is 6.97. The van der Waals surface area contributed by atoms with Crippen molar-refractivity contribution in [2.75, 3.05) is 13.7 Å². The fourth-order valence-electron chi connectivity index (χ4n) is 1.98. The normalized spacial score (nSPS) is 10.8. The molecule has 0 bridgehead atoms. The fraction of sp³-hybridized carbons (Fsp3) is 0.357. The van der Waals surface area contributed by atoms with Crippen LogP contribution in [0.15, 0.2) is 24.5 Å². The van der Waals surface area contributed by atoms with Crippen LogP contribution in [0.5, 0.6) is 5.75 Å². The van der Waals surface area contributed by atoms with Gasteiger partial charge in [0.1, 0.15) is 11.6 Å². The Kier molecular flexibility index (Phi) is 5.29. The predicted molar refractivity (Wildman–Crippen MR) is 81.6 cm³/mol. The Hall–Kier alpha value is -1.23. The number of hydrogen-bond acceptors (Lipinski definition) is 3. The molecule has 0 aliphatic rings. The van der Waals surface area contributed by atoms with Crippen molar-refractivity contribution in [3.05, 3.63) is 46.0 Å². The summed E-state index contributed by atoms with van der Waals surface area (Å²) in [5.74, 6) is 1.66. The average Bonchev–Trinajstić information content (AvgIpc) is 2.78.